The molecule has 0 saturated carbocycles. The van der Waals surface area contributed by atoms with Gasteiger partial charge in [0, 0.05) is 24.7 Å². The SMILES string of the molecule is C[C@H]1[C@@H](O)[C@H](n2cnc3c(OCc4ccc([N+](=O)[O-])cc4)ncnc32)O[C@@H]1CCO. The van der Waals surface area contributed by atoms with Crippen molar-refractivity contribution in [3.8, 4) is 5.88 Å². The highest BCUT2D eigenvalue weighted by molar-refractivity contribution is 5.76. The minimum atomic E-state index is -0.779. The van der Waals surface area contributed by atoms with Crippen LogP contribution in [0.25, 0.3) is 11.2 Å². The third kappa shape index (κ3) is 3.70. The van der Waals surface area contributed by atoms with Crippen LogP contribution in [-0.2, 0) is 11.3 Å². The molecule has 1 aromatic carbocycles. The summed E-state index contributed by atoms with van der Waals surface area (Å²) >= 11 is 0. The highest BCUT2D eigenvalue weighted by Gasteiger charge is 2.42. The number of aliphatic hydroxyl groups excluding tert-OH is 2. The molecule has 0 radical (unpaired) electrons. The Labute approximate surface area is 171 Å². The average molecular weight is 415 g/mol. The summed E-state index contributed by atoms with van der Waals surface area (Å²) in [7, 11) is 0. The number of nitrogens with zero attached hydrogens (tertiary/aromatic N) is 5. The van der Waals surface area contributed by atoms with Crippen LogP contribution in [0.4, 0.5) is 5.69 Å². The second kappa shape index (κ2) is 8.30. The van der Waals surface area contributed by atoms with Gasteiger partial charge in [-0.05, 0) is 24.1 Å². The Balaban J connectivity index is 1.54. The summed E-state index contributed by atoms with van der Waals surface area (Å²) in [5.74, 6) is 0.101. The Hall–Kier alpha value is -3.15. The maximum absolute atomic E-state index is 10.8. The first-order valence-electron chi connectivity index (χ1n) is 9.47. The van der Waals surface area contributed by atoms with Gasteiger partial charge < -0.3 is 19.7 Å². The number of nitro groups is 1. The summed E-state index contributed by atoms with van der Waals surface area (Å²) in [4.78, 5) is 23.0. The molecule has 11 nitrogen and oxygen atoms in total. The lowest BCUT2D eigenvalue weighted by Crippen LogP contribution is -2.24. The molecule has 4 atom stereocenters. The van der Waals surface area contributed by atoms with Gasteiger partial charge in [0.25, 0.3) is 5.69 Å². The van der Waals surface area contributed by atoms with Gasteiger partial charge in [0.1, 0.15) is 19.0 Å². The molecule has 11 heteroatoms. The zero-order chi connectivity index (χ0) is 21.3. The first-order valence-corrected chi connectivity index (χ1v) is 9.47. The van der Waals surface area contributed by atoms with Gasteiger partial charge in [0.05, 0.1) is 17.4 Å². The molecule has 30 heavy (non-hydrogen) atoms. The molecule has 1 aliphatic heterocycles. The van der Waals surface area contributed by atoms with Gasteiger partial charge >= 0.3 is 0 Å². The minimum Gasteiger partial charge on any atom is -0.471 e. The van der Waals surface area contributed by atoms with Gasteiger partial charge in [-0.25, -0.2) is 9.97 Å². The topological polar surface area (TPSA) is 146 Å². The first kappa shape index (κ1) is 20.1. The molecule has 1 saturated heterocycles. The fraction of sp³-hybridized carbons (Fsp3) is 0.421. The predicted molar refractivity (Wildman–Crippen MR) is 104 cm³/mol. The second-order valence-corrected chi connectivity index (χ2v) is 7.14. The molecular formula is C19H21N5O6. The van der Waals surface area contributed by atoms with Crippen LogP contribution in [0.5, 0.6) is 5.88 Å². The van der Waals surface area contributed by atoms with Crippen molar-refractivity contribution in [2.45, 2.75) is 38.4 Å². The van der Waals surface area contributed by atoms with Crippen molar-refractivity contribution in [2.24, 2.45) is 5.92 Å². The molecule has 2 aromatic heterocycles. The van der Waals surface area contributed by atoms with Crippen molar-refractivity contribution in [3.63, 3.8) is 0 Å². The van der Waals surface area contributed by atoms with E-state index in [1.54, 1.807) is 16.7 Å². The largest absolute Gasteiger partial charge is 0.471 e. The van der Waals surface area contributed by atoms with E-state index in [4.69, 9.17) is 9.47 Å². The Bertz CT molecular complexity index is 1040. The molecule has 3 heterocycles. The maximum Gasteiger partial charge on any atom is 0.269 e. The van der Waals surface area contributed by atoms with E-state index in [0.717, 1.165) is 5.56 Å². The summed E-state index contributed by atoms with van der Waals surface area (Å²) in [5.41, 5.74) is 1.60. The fourth-order valence-electron chi connectivity index (χ4n) is 3.54. The van der Waals surface area contributed by atoms with Gasteiger partial charge in [-0.1, -0.05) is 6.92 Å². The normalized spacial score (nSPS) is 23.7. The zero-order valence-corrected chi connectivity index (χ0v) is 16.2. The molecular weight excluding hydrogens is 394 g/mol. The van der Waals surface area contributed by atoms with Crippen LogP contribution >= 0.6 is 0 Å². The lowest BCUT2D eigenvalue weighted by atomic mass is 9.98. The van der Waals surface area contributed by atoms with Gasteiger partial charge in [-0.2, -0.15) is 4.98 Å². The standard InChI is InChI=1S/C19H21N5O6/c1-11-14(6-7-25)30-19(16(11)26)23-10-22-15-17(23)20-9-21-18(15)29-8-12-2-4-13(5-3-12)24(27)28/h2-5,9-11,14,16,19,25-26H,6-8H2,1H3/t11-,14-,16-,19-/m1/s1. The van der Waals surface area contributed by atoms with E-state index in [-0.39, 0.29) is 36.8 Å². The summed E-state index contributed by atoms with van der Waals surface area (Å²) in [6.45, 7) is 1.99. The molecule has 0 aliphatic carbocycles. The molecule has 1 fully saturated rings. The lowest BCUT2D eigenvalue weighted by molar-refractivity contribution is -0.384. The Morgan fingerprint density at radius 1 is 1.27 bits per heavy atom. The van der Waals surface area contributed by atoms with Crippen LogP contribution in [0.2, 0.25) is 0 Å². The number of imidazole rings is 1. The Morgan fingerprint density at radius 3 is 2.73 bits per heavy atom. The van der Waals surface area contributed by atoms with E-state index in [1.807, 2.05) is 6.92 Å². The van der Waals surface area contributed by atoms with E-state index in [1.165, 1.54) is 24.8 Å². The van der Waals surface area contributed by atoms with Crippen LogP contribution < -0.4 is 4.74 Å². The van der Waals surface area contributed by atoms with E-state index in [2.05, 4.69) is 15.0 Å². The van der Waals surface area contributed by atoms with Crippen molar-refractivity contribution < 1.29 is 24.6 Å². The number of hydrogen-bond donors (Lipinski definition) is 2. The molecule has 0 spiro atoms. The summed E-state index contributed by atoms with van der Waals surface area (Å²) < 4.78 is 13.3. The van der Waals surface area contributed by atoms with Crippen molar-refractivity contribution in [2.75, 3.05) is 6.61 Å². The summed E-state index contributed by atoms with van der Waals surface area (Å²) in [6, 6.07) is 6.04. The van der Waals surface area contributed by atoms with Crippen molar-refractivity contribution in [1.82, 2.24) is 19.5 Å². The monoisotopic (exact) mass is 415 g/mol. The molecule has 0 unspecified atom stereocenters. The van der Waals surface area contributed by atoms with Crippen LogP contribution in [0.3, 0.4) is 0 Å². The number of ether oxygens (including phenoxy) is 2. The van der Waals surface area contributed by atoms with Gasteiger partial charge in [-0.15, -0.1) is 0 Å². The molecule has 3 aromatic rings. The number of aromatic nitrogens is 4. The van der Waals surface area contributed by atoms with E-state index in [9.17, 15) is 20.3 Å². The molecule has 0 bridgehead atoms. The first-order chi connectivity index (χ1) is 14.5. The van der Waals surface area contributed by atoms with E-state index >= 15 is 0 Å². The quantitative estimate of drug-likeness (QED) is 0.434. The smallest absolute Gasteiger partial charge is 0.269 e. The van der Waals surface area contributed by atoms with E-state index in [0.29, 0.717) is 17.6 Å². The highest BCUT2D eigenvalue weighted by atomic mass is 16.6. The maximum atomic E-state index is 10.8. The number of benzene rings is 1. The molecule has 158 valence electrons. The third-order valence-electron chi connectivity index (χ3n) is 5.27. The van der Waals surface area contributed by atoms with Gasteiger partial charge in [-0.3, -0.25) is 14.7 Å². The van der Waals surface area contributed by atoms with Gasteiger partial charge in [0.15, 0.2) is 17.4 Å². The van der Waals surface area contributed by atoms with Crippen LogP contribution in [0.1, 0.15) is 25.1 Å². The van der Waals surface area contributed by atoms with Crippen molar-refractivity contribution in [3.05, 3.63) is 52.6 Å². The average Bonchev–Trinajstić information content (AvgIpc) is 3.29. The third-order valence-corrected chi connectivity index (χ3v) is 5.27. The number of fused-ring (bicyclic) bond motifs is 1. The number of hydrogen-bond acceptors (Lipinski definition) is 9. The van der Waals surface area contributed by atoms with Gasteiger partial charge in [0.2, 0.25) is 5.88 Å². The minimum absolute atomic E-state index is 0.00534. The summed E-state index contributed by atoms with van der Waals surface area (Å²) in [6.07, 6.45) is 1.55. The second-order valence-electron chi connectivity index (χ2n) is 7.14. The highest BCUT2D eigenvalue weighted by Crippen LogP contribution is 2.37. The zero-order valence-electron chi connectivity index (χ0n) is 16.2. The number of aliphatic hydroxyl groups is 2. The summed E-state index contributed by atoms with van der Waals surface area (Å²) in [5, 5.41) is 30.5. The Morgan fingerprint density at radius 2 is 2.03 bits per heavy atom. The fourth-order valence-corrected chi connectivity index (χ4v) is 3.54. The lowest BCUT2D eigenvalue weighted by Gasteiger charge is -2.17. The number of nitro benzene ring substituents is 1. The molecule has 0 amide bonds. The van der Waals surface area contributed by atoms with Crippen molar-refractivity contribution in [1.29, 1.82) is 0 Å². The molecule has 4 rings (SSSR count). The van der Waals surface area contributed by atoms with Crippen LogP contribution in [0, 0.1) is 16.0 Å². The van der Waals surface area contributed by atoms with Crippen LogP contribution in [0.15, 0.2) is 36.9 Å². The Kier molecular flexibility index (Phi) is 5.57. The van der Waals surface area contributed by atoms with Crippen LogP contribution in [-0.4, -0.2) is 53.5 Å². The molecule has 2 N–H and O–H groups in total. The number of rotatable bonds is 7. The molecule has 1 aliphatic rings. The van der Waals surface area contributed by atoms with Crippen molar-refractivity contribution >= 4 is 16.9 Å². The number of non-ortho nitro benzene ring substituents is 1. The van der Waals surface area contributed by atoms with E-state index < -0.39 is 17.3 Å². The predicted octanol–water partition coefficient (Wildman–Crippen LogP) is 1.59.